The maximum absolute atomic E-state index is 13.1. The lowest BCUT2D eigenvalue weighted by atomic mass is 9.95. The number of hydrogen-bond donors (Lipinski definition) is 1. The summed E-state index contributed by atoms with van der Waals surface area (Å²) in [6, 6.07) is 14.5. The van der Waals surface area contributed by atoms with E-state index in [0.29, 0.717) is 25.3 Å². The minimum atomic E-state index is -3.59. The van der Waals surface area contributed by atoms with Gasteiger partial charge in [-0.15, -0.1) is 0 Å². The molecule has 1 heterocycles. The van der Waals surface area contributed by atoms with E-state index in [2.05, 4.69) is 11.4 Å². The Labute approximate surface area is 184 Å². The highest BCUT2D eigenvalue weighted by Crippen LogP contribution is 2.26. The van der Waals surface area contributed by atoms with Crippen LogP contribution in [0.3, 0.4) is 0 Å². The highest BCUT2D eigenvalue weighted by molar-refractivity contribution is 7.89. The minimum Gasteiger partial charge on any atom is -0.481 e. The molecule has 4 rings (SSSR count). The van der Waals surface area contributed by atoms with Crippen molar-refractivity contribution in [1.82, 2.24) is 9.62 Å². The Kier molecular flexibility index (Phi) is 6.62. The van der Waals surface area contributed by atoms with Gasteiger partial charge in [0.15, 0.2) is 6.10 Å². The molecule has 1 atom stereocenters. The predicted molar refractivity (Wildman–Crippen MR) is 119 cm³/mol. The summed E-state index contributed by atoms with van der Waals surface area (Å²) in [7, 11) is -3.59. The Morgan fingerprint density at radius 1 is 1.03 bits per heavy atom. The van der Waals surface area contributed by atoms with Gasteiger partial charge in [-0.3, -0.25) is 4.79 Å². The van der Waals surface area contributed by atoms with Crippen LogP contribution in [0.5, 0.6) is 5.75 Å². The molecule has 0 spiro atoms. The topological polar surface area (TPSA) is 75.7 Å². The number of ether oxygens (including phenoxy) is 1. The Morgan fingerprint density at radius 2 is 1.71 bits per heavy atom. The second kappa shape index (κ2) is 9.40. The number of hydrogen-bond acceptors (Lipinski definition) is 4. The van der Waals surface area contributed by atoms with E-state index in [1.807, 2.05) is 18.2 Å². The monoisotopic (exact) mass is 442 g/mol. The van der Waals surface area contributed by atoms with Crippen molar-refractivity contribution >= 4 is 15.9 Å². The standard InChI is InChI=1S/C24H30N2O4S/c1-18(24(27)25-21-9-3-2-4-10-21)30-22-11-13-23(14-12-22)31(28,29)26-16-15-19-7-5-6-8-20(19)17-26/h5-8,11-14,18,21H,2-4,9-10,15-17H2,1H3,(H,25,27)/t18-/m0/s1. The van der Waals surface area contributed by atoms with Crippen LogP contribution < -0.4 is 10.1 Å². The van der Waals surface area contributed by atoms with Gasteiger partial charge in [-0.05, 0) is 61.6 Å². The average Bonchev–Trinajstić information content (AvgIpc) is 2.79. The van der Waals surface area contributed by atoms with Crippen LogP contribution in [0.25, 0.3) is 0 Å². The zero-order chi connectivity index (χ0) is 21.8. The van der Waals surface area contributed by atoms with Gasteiger partial charge in [-0.2, -0.15) is 4.31 Å². The summed E-state index contributed by atoms with van der Waals surface area (Å²) in [5.74, 6) is 0.352. The molecular formula is C24H30N2O4S. The molecular weight excluding hydrogens is 412 g/mol. The molecule has 1 aliphatic carbocycles. The molecule has 0 bridgehead atoms. The highest BCUT2D eigenvalue weighted by Gasteiger charge is 2.28. The minimum absolute atomic E-state index is 0.129. The molecule has 31 heavy (non-hydrogen) atoms. The van der Waals surface area contributed by atoms with Gasteiger partial charge in [-0.1, -0.05) is 43.5 Å². The van der Waals surface area contributed by atoms with Crippen molar-refractivity contribution in [2.75, 3.05) is 6.54 Å². The number of nitrogens with zero attached hydrogens (tertiary/aromatic N) is 1. The largest absolute Gasteiger partial charge is 0.481 e. The fourth-order valence-electron chi connectivity index (χ4n) is 4.34. The van der Waals surface area contributed by atoms with Gasteiger partial charge in [0.25, 0.3) is 5.91 Å². The molecule has 1 N–H and O–H groups in total. The van der Waals surface area contributed by atoms with Crippen molar-refractivity contribution in [3.05, 3.63) is 59.7 Å². The van der Waals surface area contributed by atoms with Crippen molar-refractivity contribution in [2.24, 2.45) is 0 Å². The first-order valence-corrected chi connectivity index (χ1v) is 12.5. The fourth-order valence-corrected chi connectivity index (χ4v) is 5.76. The third-order valence-corrected chi connectivity index (χ3v) is 8.05. The molecule has 7 heteroatoms. The van der Waals surface area contributed by atoms with Gasteiger partial charge in [0, 0.05) is 19.1 Å². The number of sulfonamides is 1. The molecule has 1 aliphatic heterocycles. The van der Waals surface area contributed by atoms with Crippen LogP contribution >= 0.6 is 0 Å². The number of amides is 1. The third kappa shape index (κ3) is 5.10. The third-order valence-electron chi connectivity index (χ3n) is 6.19. The van der Waals surface area contributed by atoms with E-state index in [9.17, 15) is 13.2 Å². The predicted octanol–water partition coefficient (Wildman–Crippen LogP) is 3.65. The maximum Gasteiger partial charge on any atom is 0.260 e. The fraction of sp³-hybridized carbons (Fsp3) is 0.458. The van der Waals surface area contributed by atoms with E-state index in [-0.39, 0.29) is 16.8 Å². The van der Waals surface area contributed by atoms with Crippen LogP contribution in [0.1, 0.15) is 50.2 Å². The zero-order valence-electron chi connectivity index (χ0n) is 17.9. The molecule has 0 radical (unpaired) electrons. The summed E-state index contributed by atoms with van der Waals surface area (Å²) in [4.78, 5) is 12.6. The molecule has 2 aromatic rings. The molecule has 0 saturated heterocycles. The van der Waals surface area contributed by atoms with Crippen LogP contribution in [0.2, 0.25) is 0 Å². The van der Waals surface area contributed by atoms with Gasteiger partial charge in [0.1, 0.15) is 5.75 Å². The van der Waals surface area contributed by atoms with E-state index in [1.54, 1.807) is 31.2 Å². The lowest BCUT2D eigenvalue weighted by Gasteiger charge is -2.28. The normalized spacial score (nSPS) is 18.7. The Morgan fingerprint density at radius 3 is 2.42 bits per heavy atom. The quantitative estimate of drug-likeness (QED) is 0.741. The summed E-state index contributed by atoms with van der Waals surface area (Å²) < 4.78 is 33.4. The summed E-state index contributed by atoms with van der Waals surface area (Å²) >= 11 is 0. The number of benzene rings is 2. The smallest absolute Gasteiger partial charge is 0.260 e. The van der Waals surface area contributed by atoms with Gasteiger partial charge in [0.2, 0.25) is 10.0 Å². The molecule has 0 unspecified atom stereocenters. The number of fused-ring (bicyclic) bond motifs is 1. The van der Waals surface area contributed by atoms with Gasteiger partial charge < -0.3 is 10.1 Å². The molecule has 0 aromatic heterocycles. The number of nitrogens with one attached hydrogen (secondary N) is 1. The number of rotatable bonds is 6. The number of carbonyl (C=O) groups excluding carboxylic acids is 1. The van der Waals surface area contributed by atoms with E-state index in [1.165, 1.54) is 16.3 Å². The summed E-state index contributed by atoms with van der Waals surface area (Å²) in [6.45, 7) is 2.57. The lowest BCUT2D eigenvalue weighted by Crippen LogP contribution is -2.43. The summed E-state index contributed by atoms with van der Waals surface area (Å²) in [5, 5.41) is 3.06. The van der Waals surface area contributed by atoms with Crippen molar-refractivity contribution in [2.45, 2.75) is 69.0 Å². The molecule has 166 valence electrons. The van der Waals surface area contributed by atoms with Crippen molar-refractivity contribution in [3.8, 4) is 5.75 Å². The first-order valence-electron chi connectivity index (χ1n) is 11.1. The zero-order valence-corrected chi connectivity index (χ0v) is 18.7. The van der Waals surface area contributed by atoms with Crippen molar-refractivity contribution in [3.63, 3.8) is 0 Å². The summed E-state index contributed by atoms with van der Waals surface area (Å²) in [5.41, 5.74) is 2.26. The maximum atomic E-state index is 13.1. The lowest BCUT2D eigenvalue weighted by molar-refractivity contribution is -0.128. The number of carbonyl (C=O) groups is 1. The van der Waals surface area contributed by atoms with E-state index < -0.39 is 16.1 Å². The van der Waals surface area contributed by atoms with Crippen LogP contribution in [0, 0.1) is 0 Å². The SMILES string of the molecule is C[C@H](Oc1ccc(S(=O)(=O)N2CCc3ccccc3C2)cc1)C(=O)NC1CCCCC1. The molecule has 1 saturated carbocycles. The van der Waals surface area contributed by atoms with E-state index in [0.717, 1.165) is 31.2 Å². The van der Waals surface area contributed by atoms with Gasteiger partial charge in [-0.25, -0.2) is 8.42 Å². The molecule has 1 amide bonds. The van der Waals surface area contributed by atoms with E-state index in [4.69, 9.17) is 4.74 Å². The first kappa shape index (κ1) is 21.8. The first-order chi connectivity index (χ1) is 14.9. The van der Waals surface area contributed by atoms with Crippen LogP contribution in [0.15, 0.2) is 53.4 Å². The molecule has 2 aromatic carbocycles. The summed E-state index contributed by atoms with van der Waals surface area (Å²) in [6.07, 6.45) is 5.65. The Balaban J connectivity index is 1.37. The van der Waals surface area contributed by atoms with Crippen molar-refractivity contribution in [1.29, 1.82) is 0 Å². The van der Waals surface area contributed by atoms with Gasteiger partial charge >= 0.3 is 0 Å². The van der Waals surface area contributed by atoms with E-state index >= 15 is 0 Å². The van der Waals surface area contributed by atoms with Crippen molar-refractivity contribution < 1.29 is 17.9 Å². The molecule has 6 nitrogen and oxygen atoms in total. The molecule has 1 fully saturated rings. The molecule has 2 aliphatic rings. The van der Waals surface area contributed by atoms with Crippen LogP contribution in [0.4, 0.5) is 0 Å². The van der Waals surface area contributed by atoms with Crippen LogP contribution in [-0.2, 0) is 27.8 Å². The second-order valence-electron chi connectivity index (χ2n) is 8.43. The second-order valence-corrected chi connectivity index (χ2v) is 10.4. The Hall–Kier alpha value is -2.38. The Bertz CT molecular complexity index is 1010. The average molecular weight is 443 g/mol. The van der Waals surface area contributed by atoms with Gasteiger partial charge in [0.05, 0.1) is 4.90 Å². The van der Waals surface area contributed by atoms with Crippen LogP contribution in [-0.4, -0.2) is 37.3 Å². The highest BCUT2D eigenvalue weighted by atomic mass is 32.2.